The van der Waals surface area contributed by atoms with Gasteiger partial charge in [-0.1, -0.05) is 29.8 Å². The fourth-order valence-corrected chi connectivity index (χ4v) is 1.72. The second kappa shape index (κ2) is 6.21. The van der Waals surface area contributed by atoms with E-state index in [-0.39, 0.29) is 5.96 Å². The number of para-hydroxylation sites is 1. The number of guanidine groups is 1. The molecule has 1 heterocycles. The molecule has 0 amide bonds. The van der Waals surface area contributed by atoms with E-state index in [9.17, 15) is 0 Å². The van der Waals surface area contributed by atoms with Gasteiger partial charge in [-0.25, -0.2) is 4.68 Å². The quantitative estimate of drug-likeness (QED) is 0.579. The highest BCUT2D eigenvalue weighted by Gasteiger charge is 2.11. The first-order chi connectivity index (χ1) is 9.22. The van der Waals surface area contributed by atoms with Crippen molar-refractivity contribution in [2.24, 2.45) is 16.5 Å². The maximum atomic E-state index is 6.09. The summed E-state index contributed by atoms with van der Waals surface area (Å²) in [5.74, 6) is 0.830. The van der Waals surface area contributed by atoms with Crippen LogP contribution < -0.4 is 16.8 Å². The van der Waals surface area contributed by atoms with E-state index in [4.69, 9.17) is 23.1 Å². The second-order valence-electron chi connectivity index (χ2n) is 3.77. The van der Waals surface area contributed by atoms with Crippen molar-refractivity contribution in [1.82, 2.24) is 9.78 Å². The first kappa shape index (κ1) is 13.4. The lowest BCUT2D eigenvalue weighted by Gasteiger charge is -2.09. The zero-order valence-corrected chi connectivity index (χ0v) is 11.0. The van der Waals surface area contributed by atoms with E-state index in [1.165, 1.54) is 0 Å². The number of aromatic nitrogens is 2. The van der Waals surface area contributed by atoms with Crippen molar-refractivity contribution in [2.75, 3.05) is 18.4 Å². The van der Waals surface area contributed by atoms with Crippen LogP contribution in [0.2, 0.25) is 5.02 Å². The fraction of sp³-hybridized carbons (Fsp3) is 0.167. The number of rotatable bonds is 4. The molecule has 5 N–H and O–H groups in total. The van der Waals surface area contributed by atoms with Gasteiger partial charge in [-0.05, 0) is 12.1 Å². The molecule has 0 aliphatic rings. The number of halogens is 1. The Morgan fingerprint density at radius 1 is 1.37 bits per heavy atom. The molecule has 2 aromatic rings. The lowest BCUT2D eigenvalue weighted by Crippen LogP contribution is -2.25. The van der Waals surface area contributed by atoms with Crippen LogP contribution in [-0.2, 0) is 0 Å². The van der Waals surface area contributed by atoms with Gasteiger partial charge in [0.25, 0.3) is 0 Å². The maximum absolute atomic E-state index is 6.09. The summed E-state index contributed by atoms with van der Waals surface area (Å²) in [4.78, 5) is 4.05. The van der Waals surface area contributed by atoms with E-state index in [1.54, 1.807) is 10.9 Å². The average molecular weight is 279 g/mol. The molecule has 1 aromatic heterocycles. The van der Waals surface area contributed by atoms with Gasteiger partial charge in [-0.15, -0.1) is 0 Å². The molecule has 0 aliphatic carbocycles. The number of nitrogens with two attached hydrogens (primary N) is 2. The Labute approximate surface area is 116 Å². The summed E-state index contributed by atoms with van der Waals surface area (Å²) in [6.07, 6.45) is 1.55. The molecule has 100 valence electrons. The third kappa shape index (κ3) is 3.24. The molecule has 2 rings (SSSR count). The van der Waals surface area contributed by atoms with Crippen molar-refractivity contribution in [1.29, 1.82) is 0 Å². The van der Waals surface area contributed by atoms with Crippen molar-refractivity contribution in [3.8, 4) is 5.69 Å². The Morgan fingerprint density at radius 2 is 2.11 bits per heavy atom. The Balaban J connectivity index is 2.29. The predicted molar refractivity (Wildman–Crippen MR) is 77.7 cm³/mol. The lowest BCUT2D eigenvalue weighted by atomic mass is 10.3. The summed E-state index contributed by atoms with van der Waals surface area (Å²) < 4.78 is 1.66. The SMILES string of the molecule is NCCN=C(N)Nc1c(Cl)cnn1-c1ccccc1. The minimum atomic E-state index is 0.255. The highest BCUT2D eigenvalue weighted by atomic mass is 35.5. The van der Waals surface area contributed by atoms with Crippen LogP contribution in [0.3, 0.4) is 0 Å². The van der Waals surface area contributed by atoms with E-state index < -0.39 is 0 Å². The Hall–Kier alpha value is -2.05. The number of nitrogens with zero attached hydrogens (tertiary/aromatic N) is 3. The van der Waals surface area contributed by atoms with Crippen LogP contribution in [0.5, 0.6) is 0 Å². The van der Waals surface area contributed by atoms with Gasteiger partial charge in [-0.3, -0.25) is 4.99 Å². The summed E-state index contributed by atoms with van der Waals surface area (Å²) in [6.45, 7) is 0.893. The number of aliphatic imine (C=N–C) groups is 1. The molecule has 0 saturated carbocycles. The summed E-state index contributed by atoms with van der Waals surface area (Å²) in [5, 5.41) is 7.61. The molecule has 0 spiro atoms. The van der Waals surface area contributed by atoms with Gasteiger partial charge in [0.2, 0.25) is 0 Å². The summed E-state index contributed by atoms with van der Waals surface area (Å²) in [7, 11) is 0. The van der Waals surface area contributed by atoms with E-state index >= 15 is 0 Å². The molecule has 0 radical (unpaired) electrons. The molecule has 7 heteroatoms. The first-order valence-electron chi connectivity index (χ1n) is 5.78. The van der Waals surface area contributed by atoms with Gasteiger partial charge in [0.05, 0.1) is 18.4 Å². The molecule has 0 aliphatic heterocycles. The highest BCUT2D eigenvalue weighted by Crippen LogP contribution is 2.24. The molecule has 0 atom stereocenters. The number of hydrogen-bond acceptors (Lipinski definition) is 3. The number of hydrogen-bond donors (Lipinski definition) is 3. The molecule has 19 heavy (non-hydrogen) atoms. The second-order valence-corrected chi connectivity index (χ2v) is 4.18. The minimum Gasteiger partial charge on any atom is -0.370 e. The number of nitrogens with one attached hydrogen (secondary N) is 1. The fourth-order valence-electron chi connectivity index (χ4n) is 1.55. The van der Waals surface area contributed by atoms with Crippen molar-refractivity contribution in [2.45, 2.75) is 0 Å². The van der Waals surface area contributed by atoms with Gasteiger partial charge in [0.1, 0.15) is 5.02 Å². The third-order valence-corrected chi connectivity index (χ3v) is 2.66. The molecule has 0 unspecified atom stereocenters. The minimum absolute atomic E-state index is 0.255. The zero-order valence-electron chi connectivity index (χ0n) is 10.3. The number of anilines is 1. The van der Waals surface area contributed by atoms with Crippen LogP contribution in [0.1, 0.15) is 0 Å². The lowest BCUT2D eigenvalue weighted by molar-refractivity contribution is 0.888. The molecule has 0 saturated heterocycles. The Morgan fingerprint density at radius 3 is 2.79 bits per heavy atom. The summed E-state index contributed by atoms with van der Waals surface area (Å²) >= 11 is 6.09. The molecule has 6 nitrogen and oxygen atoms in total. The molecular formula is C12H15ClN6. The van der Waals surface area contributed by atoms with Crippen molar-refractivity contribution >= 4 is 23.4 Å². The van der Waals surface area contributed by atoms with E-state index in [2.05, 4.69) is 15.4 Å². The van der Waals surface area contributed by atoms with Gasteiger partial charge in [0.15, 0.2) is 11.8 Å². The van der Waals surface area contributed by atoms with Gasteiger partial charge in [-0.2, -0.15) is 5.10 Å². The van der Waals surface area contributed by atoms with E-state index in [0.717, 1.165) is 5.69 Å². The average Bonchev–Trinajstić information content (AvgIpc) is 2.79. The Kier molecular flexibility index (Phi) is 4.38. The zero-order chi connectivity index (χ0) is 13.7. The predicted octanol–water partition coefficient (Wildman–Crippen LogP) is 1.21. The van der Waals surface area contributed by atoms with E-state index in [0.29, 0.717) is 23.9 Å². The highest BCUT2D eigenvalue weighted by molar-refractivity contribution is 6.33. The standard InChI is InChI=1S/C12H15ClN6/c13-10-8-17-19(9-4-2-1-3-5-9)11(10)18-12(15)16-7-6-14/h1-5,8H,6-7,14H2,(H3,15,16,18). The smallest absolute Gasteiger partial charge is 0.194 e. The van der Waals surface area contributed by atoms with Gasteiger partial charge >= 0.3 is 0 Å². The molecular weight excluding hydrogens is 264 g/mol. The van der Waals surface area contributed by atoms with Crippen LogP contribution in [0.4, 0.5) is 5.82 Å². The molecule has 0 fully saturated rings. The van der Waals surface area contributed by atoms with E-state index in [1.807, 2.05) is 30.3 Å². The number of benzene rings is 1. The summed E-state index contributed by atoms with van der Waals surface area (Å²) in [6, 6.07) is 9.60. The first-order valence-corrected chi connectivity index (χ1v) is 6.16. The molecule has 0 bridgehead atoms. The monoisotopic (exact) mass is 278 g/mol. The molecule has 1 aromatic carbocycles. The summed E-state index contributed by atoms with van der Waals surface area (Å²) in [5.41, 5.74) is 12.0. The Bertz CT molecular complexity index is 563. The van der Waals surface area contributed by atoms with Crippen LogP contribution >= 0.6 is 11.6 Å². The third-order valence-electron chi connectivity index (χ3n) is 2.38. The van der Waals surface area contributed by atoms with Crippen molar-refractivity contribution < 1.29 is 0 Å². The van der Waals surface area contributed by atoms with Crippen LogP contribution in [-0.4, -0.2) is 28.8 Å². The van der Waals surface area contributed by atoms with Gasteiger partial charge in [0, 0.05) is 6.54 Å². The van der Waals surface area contributed by atoms with Crippen molar-refractivity contribution in [3.63, 3.8) is 0 Å². The van der Waals surface area contributed by atoms with Crippen LogP contribution in [0.15, 0.2) is 41.5 Å². The van der Waals surface area contributed by atoms with Crippen LogP contribution in [0, 0.1) is 0 Å². The largest absolute Gasteiger partial charge is 0.370 e. The maximum Gasteiger partial charge on any atom is 0.194 e. The normalized spacial score (nSPS) is 11.6. The van der Waals surface area contributed by atoms with Crippen LogP contribution in [0.25, 0.3) is 5.69 Å². The topological polar surface area (TPSA) is 94.2 Å². The van der Waals surface area contributed by atoms with Gasteiger partial charge < -0.3 is 16.8 Å². The van der Waals surface area contributed by atoms with Crippen molar-refractivity contribution in [3.05, 3.63) is 41.6 Å².